The number of nitrogens with one attached hydrogen (secondary N) is 2. The van der Waals surface area contributed by atoms with E-state index in [1.807, 2.05) is 33.8 Å². The molecule has 246 valence electrons. The maximum absolute atomic E-state index is 15.1. The molecule has 0 saturated carbocycles. The molecule has 6 rings (SSSR count). The van der Waals surface area contributed by atoms with Crippen molar-refractivity contribution in [1.82, 2.24) is 25.5 Å². The summed E-state index contributed by atoms with van der Waals surface area (Å²) in [5.41, 5.74) is 2.60. The fourth-order valence-corrected chi connectivity index (χ4v) is 6.50. The van der Waals surface area contributed by atoms with Crippen molar-refractivity contribution in [2.75, 3.05) is 42.5 Å². The van der Waals surface area contributed by atoms with Gasteiger partial charge in [0.25, 0.3) is 5.91 Å². The van der Waals surface area contributed by atoms with E-state index in [-0.39, 0.29) is 18.3 Å². The number of carbonyl (C=O) groups excluding carboxylic acids is 2. The Kier molecular flexibility index (Phi) is 10.8. The highest BCUT2D eigenvalue weighted by Gasteiger charge is 2.36. The van der Waals surface area contributed by atoms with Crippen LogP contribution >= 0.6 is 0 Å². The second-order valence-electron chi connectivity index (χ2n) is 11.8. The van der Waals surface area contributed by atoms with Crippen molar-refractivity contribution in [3.8, 4) is 11.3 Å². The summed E-state index contributed by atoms with van der Waals surface area (Å²) in [5.74, 6) is -1.41. The van der Waals surface area contributed by atoms with E-state index in [4.69, 9.17) is 9.97 Å². The van der Waals surface area contributed by atoms with Crippen LogP contribution in [0.1, 0.15) is 80.8 Å². The molecule has 46 heavy (non-hydrogen) atoms. The average molecular weight is 634 g/mol. The lowest BCUT2D eigenvalue weighted by Crippen LogP contribution is -2.47. The number of aryl methyl sites for hydroxylation is 1. The molecule has 0 spiro atoms. The molecule has 2 saturated heterocycles. The third kappa shape index (κ3) is 6.84. The van der Waals surface area contributed by atoms with E-state index in [1.165, 1.54) is 25.3 Å². The van der Waals surface area contributed by atoms with Gasteiger partial charge in [-0.15, -0.1) is 0 Å². The summed E-state index contributed by atoms with van der Waals surface area (Å²) in [5, 5.41) is 5.67. The normalized spacial score (nSPS) is 17.1. The van der Waals surface area contributed by atoms with Gasteiger partial charge in [-0.25, -0.2) is 23.5 Å². The molecule has 3 aromatic rings. The van der Waals surface area contributed by atoms with Crippen LogP contribution < -0.4 is 20.4 Å². The number of anilines is 3. The minimum atomic E-state index is -0.872. The topological polar surface area (TPSA) is 93.7 Å². The van der Waals surface area contributed by atoms with Gasteiger partial charge >= 0.3 is 6.03 Å². The summed E-state index contributed by atoms with van der Waals surface area (Å²) >= 11 is 0. The number of aromatic nitrogens is 2. The number of piperidine rings is 2. The number of rotatable bonds is 7. The van der Waals surface area contributed by atoms with Crippen LogP contribution in [0.25, 0.3) is 11.3 Å². The largest absolute Gasteiger partial charge is 0.352 e. The first kappa shape index (κ1) is 33.2. The zero-order valence-electron chi connectivity index (χ0n) is 27.3. The van der Waals surface area contributed by atoms with Crippen LogP contribution in [-0.4, -0.2) is 65.6 Å². The molecule has 11 heteroatoms. The monoisotopic (exact) mass is 633 g/mol. The third-order valence-corrected chi connectivity index (χ3v) is 8.91. The molecule has 2 N–H and O–H groups in total. The molecule has 2 aromatic carbocycles. The summed E-state index contributed by atoms with van der Waals surface area (Å²) in [4.78, 5) is 41.7. The summed E-state index contributed by atoms with van der Waals surface area (Å²) in [6.07, 6.45) is 6.47. The molecule has 3 aliphatic heterocycles. The molecule has 3 amide bonds. The molecule has 2 fully saturated rings. The number of amides is 3. The lowest BCUT2D eigenvalue weighted by Gasteiger charge is -2.40. The van der Waals surface area contributed by atoms with E-state index in [0.29, 0.717) is 40.9 Å². The van der Waals surface area contributed by atoms with Gasteiger partial charge in [0.05, 0.1) is 12.2 Å². The summed E-state index contributed by atoms with van der Waals surface area (Å²) in [6.45, 7) is 12.2. The van der Waals surface area contributed by atoms with E-state index in [0.717, 1.165) is 68.0 Å². The third-order valence-electron chi connectivity index (χ3n) is 8.91. The van der Waals surface area contributed by atoms with Crippen LogP contribution in [0, 0.1) is 18.6 Å². The smallest absolute Gasteiger partial charge is 0.328 e. The minimum Gasteiger partial charge on any atom is -0.352 e. The number of para-hydroxylation sites is 1. The van der Waals surface area contributed by atoms with Crippen molar-refractivity contribution >= 4 is 29.4 Å². The predicted molar refractivity (Wildman–Crippen MR) is 178 cm³/mol. The molecule has 0 radical (unpaired) electrons. The number of nitrogens with zero attached hydrogens (tertiary/aromatic N) is 5. The minimum absolute atomic E-state index is 0.0685. The Hall–Kier alpha value is -4.12. The Balaban J connectivity index is 0.00000204. The highest BCUT2D eigenvalue weighted by atomic mass is 19.1. The molecule has 0 atom stereocenters. The van der Waals surface area contributed by atoms with E-state index in [9.17, 15) is 9.59 Å². The maximum Gasteiger partial charge on any atom is 0.328 e. The molecule has 0 aliphatic carbocycles. The Bertz CT molecular complexity index is 1530. The van der Waals surface area contributed by atoms with E-state index in [1.54, 1.807) is 12.1 Å². The lowest BCUT2D eigenvalue weighted by molar-refractivity contribution is 0.0953. The number of benzene rings is 2. The zero-order chi connectivity index (χ0) is 32.8. The van der Waals surface area contributed by atoms with Crippen LogP contribution in [-0.2, 0) is 6.54 Å². The second-order valence-corrected chi connectivity index (χ2v) is 11.8. The van der Waals surface area contributed by atoms with Crippen molar-refractivity contribution in [2.24, 2.45) is 0 Å². The lowest BCUT2D eigenvalue weighted by atomic mass is 9.97. The molecule has 3 aliphatic rings. The SMILES string of the molecule is CC.CCCNC(=O)c1ccc(C)c(-c2nc(N3CCC(N4CCCCC4)CC3)nc3c2CNC(=O)N3c2c(F)cccc2F)c1. The fraction of sp³-hybridized carbons (Fsp3) is 0.486. The zero-order valence-corrected chi connectivity index (χ0v) is 27.3. The second kappa shape index (κ2) is 15.0. The van der Waals surface area contributed by atoms with Gasteiger partial charge in [-0.1, -0.05) is 39.3 Å². The summed E-state index contributed by atoms with van der Waals surface area (Å²) < 4.78 is 30.3. The number of carbonyl (C=O) groups is 2. The van der Waals surface area contributed by atoms with Crippen molar-refractivity contribution in [2.45, 2.75) is 78.8 Å². The Morgan fingerprint density at radius 2 is 1.70 bits per heavy atom. The van der Waals surface area contributed by atoms with Crippen molar-refractivity contribution in [1.29, 1.82) is 0 Å². The number of urea groups is 1. The van der Waals surface area contributed by atoms with Crippen LogP contribution in [0.15, 0.2) is 36.4 Å². The first-order valence-corrected chi connectivity index (χ1v) is 16.7. The van der Waals surface area contributed by atoms with Crippen LogP contribution in [0.5, 0.6) is 0 Å². The fourth-order valence-electron chi connectivity index (χ4n) is 6.50. The average Bonchev–Trinajstić information content (AvgIpc) is 3.09. The molecule has 0 unspecified atom stereocenters. The highest BCUT2D eigenvalue weighted by molar-refractivity contribution is 6.02. The molecule has 4 heterocycles. The number of likely N-dealkylation sites (tertiary alicyclic amines) is 1. The van der Waals surface area contributed by atoms with Crippen molar-refractivity contribution in [3.63, 3.8) is 0 Å². The Morgan fingerprint density at radius 3 is 2.37 bits per heavy atom. The van der Waals surface area contributed by atoms with Gasteiger partial charge in [0.15, 0.2) is 5.82 Å². The molecule has 9 nitrogen and oxygen atoms in total. The molecular weight excluding hydrogens is 588 g/mol. The molecule has 1 aromatic heterocycles. The Morgan fingerprint density at radius 1 is 1.00 bits per heavy atom. The van der Waals surface area contributed by atoms with Crippen molar-refractivity contribution in [3.05, 3.63) is 64.7 Å². The van der Waals surface area contributed by atoms with Crippen LogP contribution in [0.4, 0.5) is 31.0 Å². The van der Waals surface area contributed by atoms with Gasteiger partial charge < -0.3 is 20.4 Å². The summed E-state index contributed by atoms with van der Waals surface area (Å²) in [6, 6.07) is 8.76. The molecular formula is C35H45F2N7O2. The van der Waals surface area contributed by atoms with Gasteiger partial charge in [-0.2, -0.15) is 4.98 Å². The van der Waals surface area contributed by atoms with E-state index < -0.39 is 23.4 Å². The van der Waals surface area contributed by atoms with Gasteiger partial charge in [0.1, 0.15) is 17.3 Å². The first-order valence-electron chi connectivity index (χ1n) is 16.7. The van der Waals surface area contributed by atoms with Crippen LogP contribution in [0.3, 0.4) is 0 Å². The number of hydrogen-bond acceptors (Lipinski definition) is 6. The highest BCUT2D eigenvalue weighted by Crippen LogP contribution is 2.40. The van der Waals surface area contributed by atoms with Gasteiger partial charge in [-0.05, 0) is 81.9 Å². The number of halogens is 2. The number of hydrogen-bond donors (Lipinski definition) is 2. The standard InChI is InChI=1S/C33H39F2N7O2.C2H6/c1-3-14-36-31(43)22-11-10-21(2)24(19-22)28-25-20-37-33(44)42(29-26(34)8-7-9-27(29)35)30(25)39-32(38-28)41-17-12-23(13-18-41)40-15-5-4-6-16-40;1-2/h7-11,19,23H,3-6,12-18,20H2,1-2H3,(H,36,43)(H,37,44);1-2H3. The van der Waals surface area contributed by atoms with E-state index >= 15 is 8.78 Å². The van der Waals surface area contributed by atoms with Crippen molar-refractivity contribution < 1.29 is 18.4 Å². The summed E-state index contributed by atoms with van der Waals surface area (Å²) in [7, 11) is 0. The predicted octanol–water partition coefficient (Wildman–Crippen LogP) is 6.71. The van der Waals surface area contributed by atoms with Crippen LogP contribution in [0.2, 0.25) is 0 Å². The first-order chi connectivity index (χ1) is 22.4. The number of fused-ring (bicyclic) bond motifs is 1. The van der Waals surface area contributed by atoms with Gasteiger partial charge in [0, 0.05) is 42.4 Å². The maximum atomic E-state index is 15.1. The van der Waals surface area contributed by atoms with E-state index in [2.05, 4.69) is 20.4 Å². The van der Waals surface area contributed by atoms with Gasteiger partial charge in [-0.3, -0.25) is 4.79 Å². The quantitative estimate of drug-likeness (QED) is 0.300. The van der Waals surface area contributed by atoms with Gasteiger partial charge in [0.2, 0.25) is 5.95 Å². The molecule has 0 bridgehead atoms. The Labute approximate surface area is 270 Å².